The number of rotatable bonds is 7. The molecule has 0 spiro atoms. The van der Waals surface area contributed by atoms with Gasteiger partial charge in [0, 0.05) is 11.4 Å². The van der Waals surface area contributed by atoms with E-state index in [1.165, 1.54) is 0 Å². The molecule has 0 saturated heterocycles. The van der Waals surface area contributed by atoms with Crippen LogP contribution in [0.3, 0.4) is 0 Å². The Morgan fingerprint density at radius 3 is 2.25 bits per heavy atom. The summed E-state index contributed by atoms with van der Waals surface area (Å²) in [6, 6.07) is 5.09. The summed E-state index contributed by atoms with van der Waals surface area (Å²) in [4.78, 5) is 12.3. The fraction of sp³-hybridized carbons (Fsp3) is 0.533. The maximum absolute atomic E-state index is 12.3. The molecule has 1 amide bonds. The Morgan fingerprint density at radius 2 is 1.80 bits per heavy atom. The number of amides is 1. The normalized spacial score (nSPS) is 11.1. The number of methoxy groups -OCH3 is 2. The second kappa shape index (κ2) is 7.39. The molecule has 112 valence electrons. The Morgan fingerprint density at radius 1 is 1.20 bits per heavy atom. The third-order valence-corrected chi connectivity index (χ3v) is 4.15. The van der Waals surface area contributed by atoms with Crippen molar-refractivity contribution in [2.24, 2.45) is 0 Å². The minimum atomic E-state index is -0.369. The highest BCUT2D eigenvalue weighted by atomic mass is 35.5. The zero-order valence-electron chi connectivity index (χ0n) is 12.5. The number of carbonyl (C=O) groups is 1. The van der Waals surface area contributed by atoms with Gasteiger partial charge in [-0.25, -0.2) is 0 Å². The fourth-order valence-electron chi connectivity index (χ4n) is 1.94. The standard InChI is InChI=1S/C15H22ClNO3/c1-5-15(6-2,10-16)17-14(18)11-7-8-12(19-3)13(9-11)20-4/h7-9H,5-6,10H2,1-4H3,(H,17,18). The van der Waals surface area contributed by atoms with E-state index < -0.39 is 0 Å². The van der Waals surface area contributed by atoms with E-state index >= 15 is 0 Å². The predicted octanol–water partition coefficient (Wildman–Crippen LogP) is 3.23. The fourth-order valence-corrected chi connectivity index (χ4v) is 2.38. The summed E-state index contributed by atoms with van der Waals surface area (Å²) in [5, 5.41) is 3.02. The van der Waals surface area contributed by atoms with Crippen molar-refractivity contribution in [3.8, 4) is 11.5 Å². The van der Waals surface area contributed by atoms with Crippen LogP contribution in [-0.2, 0) is 0 Å². The molecule has 0 aliphatic heterocycles. The molecule has 0 atom stereocenters. The molecule has 4 nitrogen and oxygen atoms in total. The van der Waals surface area contributed by atoms with E-state index in [1.807, 2.05) is 13.8 Å². The Bertz CT molecular complexity index is 450. The molecule has 0 unspecified atom stereocenters. The molecule has 0 fully saturated rings. The van der Waals surface area contributed by atoms with Crippen LogP contribution in [0.4, 0.5) is 0 Å². The molecule has 0 aromatic heterocycles. The molecular weight excluding hydrogens is 278 g/mol. The van der Waals surface area contributed by atoms with Gasteiger partial charge in [0.15, 0.2) is 11.5 Å². The van der Waals surface area contributed by atoms with Crippen LogP contribution in [0.5, 0.6) is 11.5 Å². The number of alkyl halides is 1. The molecule has 0 aliphatic carbocycles. The van der Waals surface area contributed by atoms with Crippen molar-refractivity contribution in [2.45, 2.75) is 32.2 Å². The van der Waals surface area contributed by atoms with Crippen LogP contribution in [0.15, 0.2) is 18.2 Å². The molecule has 1 N–H and O–H groups in total. The highest BCUT2D eigenvalue weighted by Gasteiger charge is 2.27. The Labute approximate surface area is 125 Å². The van der Waals surface area contributed by atoms with Crippen LogP contribution < -0.4 is 14.8 Å². The second-order valence-electron chi connectivity index (χ2n) is 4.64. The van der Waals surface area contributed by atoms with Gasteiger partial charge in [0.2, 0.25) is 0 Å². The first-order chi connectivity index (χ1) is 9.55. The predicted molar refractivity (Wildman–Crippen MR) is 81.0 cm³/mol. The van der Waals surface area contributed by atoms with Crippen molar-refractivity contribution in [2.75, 3.05) is 20.1 Å². The summed E-state index contributed by atoms with van der Waals surface area (Å²) in [6.07, 6.45) is 1.57. The topological polar surface area (TPSA) is 47.6 Å². The Balaban J connectivity index is 2.98. The van der Waals surface area contributed by atoms with E-state index in [2.05, 4.69) is 5.32 Å². The minimum absolute atomic E-state index is 0.157. The highest BCUT2D eigenvalue weighted by molar-refractivity contribution is 6.19. The maximum atomic E-state index is 12.3. The molecule has 20 heavy (non-hydrogen) atoms. The molecule has 0 saturated carbocycles. The van der Waals surface area contributed by atoms with E-state index in [0.29, 0.717) is 22.9 Å². The van der Waals surface area contributed by atoms with Crippen molar-refractivity contribution in [1.29, 1.82) is 0 Å². The Kier molecular flexibility index (Phi) is 6.14. The van der Waals surface area contributed by atoms with Gasteiger partial charge in [-0.15, -0.1) is 11.6 Å². The molecule has 1 rings (SSSR count). The molecule has 0 heterocycles. The van der Waals surface area contributed by atoms with Gasteiger partial charge >= 0.3 is 0 Å². The largest absolute Gasteiger partial charge is 0.493 e. The smallest absolute Gasteiger partial charge is 0.251 e. The lowest BCUT2D eigenvalue weighted by atomic mass is 9.94. The van der Waals surface area contributed by atoms with Gasteiger partial charge in [0.25, 0.3) is 5.91 Å². The van der Waals surface area contributed by atoms with Crippen LogP contribution in [0.25, 0.3) is 0 Å². The van der Waals surface area contributed by atoms with Crippen molar-refractivity contribution >= 4 is 17.5 Å². The SMILES string of the molecule is CCC(CC)(CCl)NC(=O)c1ccc(OC)c(OC)c1. The summed E-state index contributed by atoms with van der Waals surface area (Å²) >= 11 is 6.00. The lowest BCUT2D eigenvalue weighted by Crippen LogP contribution is -2.49. The summed E-state index contributed by atoms with van der Waals surface area (Å²) in [7, 11) is 3.10. The number of halogens is 1. The van der Waals surface area contributed by atoms with Gasteiger partial charge < -0.3 is 14.8 Å². The van der Waals surface area contributed by atoms with E-state index in [9.17, 15) is 4.79 Å². The van der Waals surface area contributed by atoms with Crippen molar-refractivity contribution < 1.29 is 14.3 Å². The molecule has 1 aromatic rings. The Hall–Kier alpha value is -1.42. The van der Waals surface area contributed by atoms with Gasteiger partial charge in [0.1, 0.15) is 0 Å². The number of benzene rings is 1. The number of hydrogen-bond donors (Lipinski definition) is 1. The first-order valence-electron chi connectivity index (χ1n) is 6.66. The summed E-state index contributed by atoms with van der Waals surface area (Å²) in [6.45, 7) is 4.03. The quantitative estimate of drug-likeness (QED) is 0.786. The van der Waals surface area contributed by atoms with Gasteiger partial charge in [-0.1, -0.05) is 13.8 Å². The number of ether oxygens (including phenoxy) is 2. The van der Waals surface area contributed by atoms with Gasteiger partial charge in [-0.3, -0.25) is 4.79 Å². The monoisotopic (exact) mass is 299 g/mol. The molecule has 0 bridgehead atoms. The zero-order valence-corrected chi connectivity index (χ0v) is 13.2. The van der Waals surface area contributed by atoms with Crippen LogP contribution >= 0.6 is 11.6 Å². The number of carbonyl (C=O) groups excluding carboxylic acids is 1. The van der Waals surface area contributed by atoms with Crippen molar-refractivity contribution in [3.05, 3.63) is 23.8 Å². The van der Waals surface area contributed by atoms with E-state index in [-0.39, 0.29) is 11.4 Å². The molecule has 0 radical (unpaired) electrons. The minimum Gasteiger partial charge on any atom is -0.493 e. The molecule has 1 aromatic carbocycles. The third-order valence-electron chi connectivity index (χ3n) is 3.63. The zero-order chi connectivity index (χ0) is 15.2. The van der Waals surface area contributed by atoms with Gasteiger partial charge in [0.05, 0.1) is 19.8 Å². The average molecular weight is 300 g/mol. The first kappa shape index (κ1) is 16.6. The molecule has 0 aliphatic rings. The first-order valence-corrected chi connectivity index (χ1v) is 7.19. The lowest BCUT2D eigenvalue weighted by molar-refractivity contribution is 0.0902. The highest BCUT2D eigenvalue weighted by Crippen LogP contribution is 2.28. The number of hydrogen-bond acceptors (Lipinski definition) is 3. The van der Waals surface area contributed by atoms with Crippen LogP contribution in [0.2, 0.25) is 0 Å². The van der Waals surface area contributed by atoms with E-state index in [4.69, 9.17) is 21.1 Å². The van der Waals surface area contributed by atoms with Gasteiger partial charge in [-0.2, -0.15) is 0 Å². The van der Waals surface area contributed by atoms with E-state index in [1.54, 1.807) is 32.4 Å². The van der Waals surface area contributed by atoms with Crippen molar-refractivity contribution in [3.63, 3.8) is 0 Å². The second-order valence-corrected chi connectivity index (χ2v) is 4.91. The van der Waals surface area contributed by atoms with Crippen LogP contribution in [0, 0.1) is 0 Å². The summed E-state index contributed by atoms with van der Waals surface area (Å²) in [5.41, 5.74) is 0.158. The third kappa shape index (κ3) is 3.57. The summed E-state index contributed by atoms with van der Waals surface area (Å²) < 4.78 is 10.4. The van der Waals surface area contributed by atoms with E-state index in [0.717, 1.165) is 12.8 Å². The van der Waals surface area contributed by atoms with Crippen LogP contribution in [0.1, 0.15) is 37.0 Å². The summed E-state index contributed by atoms with van der Waals surface area (Å²) in [5.74, 6) is 1.36. The maximum Gasteiger partial charge on any atom is 0.251 e. The van der Waals surface area contributed by atoms with Crippen LogP contribution in [-0.4, -0.2) is 31.5 Å². The van der Waals surface area contributed by atoms with Gasteiger partial charge in [-0.05, 0) is 31.0 Å². The lowest BCUT2D eigenvalue weighted by Gasteiger charge is -2.30. The number of nitrogens with one attached hydrogen (secondary N) is 1. The molecule has 5 heteroatoms. The molecular formula is C15H22ClNO3. The average Bonchev–Trinajstić information content (AvgIpc) is 2.51. The van der Waals surface area contributed by atoms with Crippen molar-refractivity contribution in [1.82, 2.24) is 5.32 Å².